The van der Waals surface area contributed by atoms with Crippen molar-refractivity contribution in [1.29, 1.82) is 0 Å². The highest BCUT2D eigenvalue weighted by Gasteiger charge is 2.39. The van der Waals surface area contributed by atoms with Gasteiger partial charge in [-0.2, -0.15) is 0 Å². The summed E-state index contributed by atoms with van der Waals surface area (Å²) in [6, 6.07) is 14.7. The Bertz CT molecular complexity index is 1440. The molecule has 1 N–H and O–H groups in total. The number of pyridine rings is 1. The zero-order valence-electron chi connectivity index (χ0n) is 24.1. The number of ether oxygens (including phenoxy) is 2. The molecule has 41 heavy (non-hydrogen) atoms. The van der Waals surface area contributed by atoms with Crippen LogP contribution in [-0.2, 0) is 17.8 Å². The molecule has 1 saturated heterocycles. The van der Waals surface area contributed by atoms with Crippen LogP contribution < -0.4 is 9.47 Å². The summed E-state index contributed by atoms with van der Waals surface area (Å²) in [6.07, 6.45) is 7.33. The number of halogens is 1. The lowest BCUT2D eigenvalue weighted by atomic mass is 9.82. The molecule has 0 spiro atoms. The molecule has 3 heterocycles. The van der Waals surface area contributed by atoms with Gasteiger partial charge in [-0.1, -0.05) is 37.3 Å². The molecule has 0 radical (unpaired) electrons. The number of likely N-dealkylation sites (tertiary alicyclic amines) is 1. The smallest absolute Gasteiger partial charge is 0.306 e. The van der Waals surface area contributed by atoms with Crippen molar-refractivity contribution in [2.45, 2.75) is 77.0 Å². The van der Waals surface area contributed by atoms with Crippen molar-refractivity contribution in [3.8, 4) is 22.8 Å². The summed E-state index contributed by atoms with van der Waals surface area (Å²) in [4.78, 5) is 18.4. The second kappa shape index (κ2) is 11.4. The average Bonchev–Trinajstić information content (AvgIpc) is 3.73. The van der Waals surface area contributed by atoms with Crippen LogP contribution in [-0.4, -0.2) is 40.7 Å². The first-order valence-corrected chi connectivity index (χ1v) is 14.9. The van der Waals surface area contributed by atoms with Crippen molar-refractivity contribution >= 4 is 5.97 Å². The van der Waals surface area contributed by atoms with Gasteiger partial charge in [-0.15, -0.1) is 0 Å². The van der Waals surface area contributed by atoms with E-state index < -0.39 is 11.9 Å². The number of nitrogens with zero attached hydrogens (tertiary/aromatic N) is 2. The number of aromatic nitrogens is 1. The fourth-order valence-corrected chi connectivity index (χ4v) is 6.80. The fraction of sp³-hybridized carbons (Fsp3) is 0.471. The minimum atomic E-state index is -0.749. The van der Waals surface area contributed by atoms with Crippen molar-refractivity contribution in [2.75, 3.05) is 13.7 Å². The van der Waals surface area contributed by atoms with Crippen LogP contribution in [0.15, 0.2) is 48.7 Å². The highest BCUT2D eigenvalue weighted by Crippen LogP contribution is 2.48. The van der Waals surface area contributed by atoms with Gasteiger partial charge in [-0.3, -0.25) is 9.69 Å². The summed E-state index contributed by atoms with van der Waals surface area (Å²) in [5.41, 5.74) is 5.70. The first kappa shape index (κ1) is 27.7. The molecule has 1 unspecified atom stereocenters. The number of fused-ring (bicyclic) bond motifs is 1. The van der Waals surface area contributed by atoms with E-state index in [-0.39, 0.29) is 17.8 Å². The Hall–Kier alpha value is -3.45. The molecule has 3 aromatic rings. The van der Waals surface area contributed by atoms with Crippen molar-refractivity contribution in [3.05, 3.63) is 76.7 Å². The number of aliphatic carboxylic acids is 1. The lowest BCUT2D eigenvalue weighted by Gasteiger charge is -2.30. The second-order valence-electron chi connectivity index (χ2n) is 12.1. The molecule has 3 aliphatic rings. The molecule has 2 fully saturated rings. The molecule has 4 atom stereocenters. The lowest BCUT2D eigenvalue weighted by Crippen LogP contribution is -2.26. The van der Waals surface area contributed by atoms with Gasteiger partial charge in [0.05, 0.1) is 19.2 Å². The van der Waals surface area contributed by atoms with E-state index in [1.807, 2.05) is 13.0 Å². The van der Waals surface area contributed by atoms with E-state index in [1.54, 1.807) is 13.2 Å². The Labute approximate surface area is 241 Å². The maximum absolute atomic E-state index is 15.1. The monoisotopic (exact) mass is 558 g/mol. The van der Waals surface area contributed by atoms with Gasteiger partial charge >= 0.3 is 5.97 Å². The van der Waals surface area contributed by atoms with Gasteiger partial charge in [-0.05, 0) is 97.7 Å². The van der Waals surface area contributed by atoms with E-state index in [2.05, 4.69) is 47.1 Å². The van der Waals surface area contributed by atoms with Gasteiger partial charge in [0.1, 0.15) is 17.7 Å². The van der Waals surface area contributed by atoms with Crippen molar-refractivity contribution in [1.82, 2.24) is 9.88 Å². The number of methoxy groups -OCH3 is 1. The van der Waals surface area contributed by atoms with Gasteiger partial charge in [-0.25, -0.2) is 9.37 Å². The van der Waals surface area contributed by atoms with Gasteiger partial charge in [0.25, 0.3) is 0 Å². The van der Waals surface area contributed by atoms with Crippen LogP contribution in [0, 0.1) is 17.7 Å². The minimum absolute atomic E-state index is 0.00219. The molecule has 0 bridgehead atoms. The molecule has 1 aliphatic carbocycles. The zero-order chi connectivity index (χ0) is 28.7. The van der Waals surface area contributed by atoms with E-state index in [0.717, 1.165) is 72.3 Å². The number of hydrogen-bond donors (Lipinski definition) is 1. The number of carboxylic acids is 1. The molecule has 6 rings (SSSR count). The summed E-state index contributed by atoms with van der Waals surface area (Å²) in [5, 5.41) is 9.75. The maximum Gasteiger partial charge on any atom is 0.306 e. The highest BCUT2D eigenvalue weighted by atomic mass is 19.1. The molecular weight excluding hydrogens is 519 g/mol. The van der Waals surface area contributed by atoms with Crippen molar-refractivity contribution < 1.29 is 23.8 Å². The lowest BCUT2D eigenvalue weighted by molar-refractivity contribution is -0.142. The molecule has 1 saturated carbocycles. The SMILES string of the molecule is COc1cc(-c2ccc([C@H]3CCc4ccc(C(C5CC5)[C@H](C)C(=O)O)cc4O3)cc2CN2CCC[C@@H]2C)c(F)cn1. The first-order chi connectivity index (χ1) is 19.8. The Morgan fingerprint density at radius 3 is 2.68 bits per heavy atom. The van der Waals surface area contributed by atoms with Gasteiger partial charge in [0, 0.05) is 24.2 Å². The van der Waals surface area contributed by atoms with Crippen molar-refractivity contribution in [2.24, 2.45) is 11.8 Å². The molecule has 7 heteroatoms. The van der Waals surface area contributed by atoms with E-state index in [1.165, 1.54) is 19.0 Å². The number of benzene rings is 2. The summed E-state index contributed by atoms with van der Waals surface area (Å²) < 4.78 is 27.0. The van der Waals surface area contributed by atoms with Gasteiger partial charge in [0.2, 0.25) is 5.88 Å². The molecular formula is C34H39FN2O4. The van der Waals surface area contributed by atoms with Crippen LogP contribution in [0.3, 0.4) is 0 Å². The molecule has 1 aromatic heterocycles. The average molecular weight is 559 g/mol. The van der Waals surface area contributed by atoms with Crippen LogP contribution in [0.4, 0.5) is 4.39 Å². The summed E-state index contributed by atoms with van der Waals surface area (Å²) >= 11 is 0. The number of carbonyl (C=O) groups is 1. The maximum atomic E-state index is 15.1. The third kappa shape index (κ3) is 5.69. The van der Waals surface area contributed by atoms with Crippen LogP contribution >= 0.6 is 0 Å². The third-order valence-electron chi connectivity index (χ3n) is 9.37. The zero-order valence-corrected chi connectivity index (χ0v) is 24.1. The predicted octanol–water partition coefficient (Wildman–Crippen LogP) is 7.16. The van der Waals surface area contributed by atoms with Gasteiger partial charge in [0.15, 0.2) is 0 Å². The normalized spacial score (nSPS) is 22.0. The fourth-order valence-electron chi connectivity index (χ4n) is 6.80. The van der Waals surface area contributed by atoms with E-state index >= 15 is 4.39 Å². The number of rotatable bonds is 9. The highest BCUT2D eigenvalue weighted by molar-refractivity contribution is 5.71. The first-order valence-electron chi connectivity index (χ1n) is 14.9. The number of hydrogen-bond acceptors (Lipinski definition) is 5. The predicted molar refractivity (Wildman–Crippen MR) is 156 cm³/mol. The number of aryl methyl sites for hydroxylation is 1. The third-order valence-corrected chi connectivity index (χ3v) is 9.37. The summed E-state index contributed by atoms with van der Waals surface area (Å²) in [5.74, 6) is 0.111. The molecule has 216 valence electrons. The standard InChI is InChI=1S/C34H39FN2O4/c1-20-5-4-14-37(20)19-26-15-24(10-12-27(26)28-17-32(40-3)36-18-29(28)35)30-13-11-22-6-9-25(16-31(22)41-30)33(23-7-8-23)21(2)34(38)39/h6,9-10,12,15-18,20-21,23,30,33H,4-5,7-8,11,13-14,19H2,1-3H3,(H,38,39)/t20-,21-,30+,33?/m0/s1. The van der Waals surface area contributed by atoms with Crippen LogP contribution in [0.5, 0.6) is 11.6 Å². The van der Waals surface area contributed by atoms with Gasteiger partial charge < -0.3 is 14.6 Å². The van der Waals surface area contributed by atoms with E-state index in [9.17, 15) is 9.90 Å². The molecule has 2 aromatic carbocycles. The summed E-state index contributed by atoms with van der Waals surface area (Å²) in [7, 11) is 1.54. The second-order valence-corrected chi connectivity index (χ2v) is 12.1. The minimum Gasteiger partial charge on any atom is -0.485 e. The molecule has 0 amide bonds. The Kier molecular flexibility index (Phi) is 7.73. The van der Waals surface area contributed by atoms with Crippen LogP contribution in [0.25, 0.3) is 11.1 Å². The topological polar surface area (TPSA) is 71.9 Å². The van der Waals surface area contributed by atoms with Crippen LogP contribution in [0.2, 0.25) is 0 Å². The quantitative estimate of drug-likeness (QED) is 0.300. The Balaban J connectivity index is 1.32. The molecule has 6 nitrogen and oxygen atoms in total. The van der Waals surface area contributed by atoms with Crippen LogP contribution in [0.1, 0.15) is 80.2 Å². The number of carboxylic acid groups (broad SMARTS) is 1. The Morgan fingerprint density at radius 2 is 1.98 bits per heavy atom. The summed E-state index contributed by atoms with van der Waals surface area (Å²) in [6.45, 7) is 5.84. The van der Waals surface area contributed by atoms with Crippen molar-refractivity contribution in [3.63, 3.8) is 0 Å². The van der Waals surface area contributed by atoms with E-state index in [0.29, 0.717) is 23.4 Å². The largest absolute Gasteiger partial charge is 0.485 e. The van der Waals surface area contributed by atoms with E-state index in [4.69, 9.17) is 9.47 Å². The molecule has 2 aliphatic heterocycles. The Morgan fingerprint density at radius 1 is 1.15 bits per heavy atom.